The van der Waals surface area contributed by atoms with E-state index in [-0.39, 0.29) is 5.57 Å². The Morgan fingerprint density at radius 3 is 0.598 bits per heavy atom. The summed E-state index contributed by atoms with van der Waals surface area (Å²) in [5.41, 5.74) is 12.7. The maximum atomic E-state index is 10.3. The van der Waals surface area contributed by atoms with Crippen LogP contribution < -0.4 is 9.80 Å². The summed E-state index contributed by atoms with van der Waals surface area (Å²) in [7, 11) is 0. The predicted molar refractivity (Wildman–Crippen MR) is 472 cm³/mol. The van der Waals surface area contributed by atoms with Gasteiger partial charge >= 0.3 is 0 Å². The molecule has 1 heterocycles. The minimum atomic E-state index is -0.930. The molecule has 0 bridgehead atoms. The van der Waals surface area contributed by atoms with Crippen molar-refractivity contribution >= 4 is 23.5 Å². The lowest BCUT2D eigenvalue weighted by atomic mass is 9.80. The van der Waals surface area contributed by atoms with Crippen LogP contribution >= 0.6 is 0 Å². The third-order valence-corrected chi connectivity index (χ3v) is 21.6. The van der Waals surface area contributed by atoms with Gasteiger partial charge in [-0.05, 0) is 126 Å². The van der Waals surface area contributed by atoms with Crippen LogP contribution in [-0.4, -0.2) is 52.6 Å². The second-order valence-corrected chi connectivity index (χ2v) is 28.6. The normalized spacial score (nSPS) is 12.4. The zero-order chi connectivity index (χ0) is 79.6. The van der Waals surface area contributed by atoms with Crippen molar-refractivity contribution in [3.05, 3.63) is 537 Å². The molecule has 9 heteroatoms. The van der Waals surface area contributed by atoms with Crippen molar-refractivity contribution < 1.29 is 23.7 Å². The monoisotopic (exact) mass is 1520 g/mol. The molecule has 0 aliphatic carbocycles. The molecule has 9 nitrogen and oxygen atoms in total. The van der Waals surface area contributed by atoms with Gasteiger partial charge in [-0.2, -0.15) is 10.5 Å². The maximum Gasteiger partial charge on any atom is 0.143 e. The summed E-state index contributed by atoms with van der Waals surface area (Å²) in [6, 6.07) is 147. The average molecular weight is 1520 g/mol. The van der Waals surface area contributed by atoms with Crippen LogP contribution in [0, 0.1) is 22.7 Å². The minimum Gasteiger partial charge on any atom is -0.457 e. The van der Waals surface area contributed by atoms with Crippen LogP contribution in [0.25, 0.3) is 12.2 Å². The SMILES string of the molecule is N#CC(C#N)=C1C=C(/C=C/c2ccc(N(CCOC(c3ccccc3)(c3ccccc3)c3ccccc3)CCOC(c3ccccc3)(c3ccccc3)c3ccccc3)cc2)OC(/C=C/c2ccc(N(CCOC(c3ccccc3)(c3ccccc3)c3ccccc3)CCOC(c3ccccc3)(c3ccccc3)c3ccccc3)cc2)=C1. The predicted octanol–water partition coefficient (Wildman–Crippen LogP) is 23.2. The first-order valence-electron chi connectivity index (χ1n) is 39.8. The Hall–Kier alpha value is -14.0. The third kappa shape index (κ3) is 17.7. The van der Waals surface area contributed by atoms with Crippen molar-refractivity contribution in [3.8, 4) is 12.1 Å². The first kappa shape index (κ1) is 78.3. The zero-order valence-corrected chi connectivity index (χ0v) is 65.2. The molecule has 0 saturated heterocycles. The Bertz CT molecular complexity index is 4710. The zero-order valence-electron chi connectivity index (χ0n) is 65.2. The standard InChI is InChI=1S/C108H90N4O5/c109-83-88(84-110)87-81-103(71-65-85-61-67-101(68-62-85)111(73-77-113-105(89-37-13-1-14-38-89,90-39-15-2-16-40-90)91-41-17-3-18-42-91)74-78-114-106(92-43-19-4-20-44-92,93-45-21-5-22-46-93)94-47-23-6-24-48-94)117-104(82-87)72-66-86-63-69-102(70-64-86)112(75-79-115-107(95-49-25-7-26-50-95,96-51-27-8-28-52-96)97-53-29-9-30-54-97)76-80-116-108(98-55-31-10-32-56-98,99-57-33-11-34-58-99)100-59-35-12-36-60-100/h1-72,81-82H,73-80H2/b71-65+,72-66+. The van der Waals surface area contributed by atoms with E-state index in [9.17, 15) is 10.5 Å². The van der Waals surface area contributed by atoms with E-state index >= 15 is 0 Å². The summed E-state index contributed by atoms with van der Waals surface area (Å²) < 4.78 is 36.5. The van der Waals surface area contributed by atoms with Gasteiger partial charge in [0.1, 0.15) is 51.6 Å². The van der Waals surface area contributed by atoms with Gasteiger partial charge in [-0.25, -0.2) is 0 Å². The van der Waals surface area contributed by atoms with Crippen molar-refractivity contribution in [2.75, 3.05) is 62.4 Å². The number of nitrogens with zero attached hydrogens (tertiary/aromatic N) is 4. The van der Waals surface area contributed by atoms with Crippen LogP contribution in [0.2, 0.25) is 0 Å². The molecule has 0 amide bonds. The molecule has 1 aliphatic rings. The molecule has 0 atom stereocenters. The van der Waals surface area contributed by atoms with Crippen LogP contribution in [-0.2, 0) is 46.1 Å². The van der Waals surface area contributed by atoms with E-state index in [1.165, 1.54) is 0 Å². The quantitative estimate of drug-likeness (QED) is 0.0288. The molecule has 0 radical (unpaired) electrons. The van der Waals surface area contributed by atoms with Crippen molar-refractivity contribution in [1.29, 1.82) is 10.5 Å². The van der Waals surface area contributed by atoms with E-state index in [1.54, 1.807) is 12.2 Å². The smallest absolute Gasteiger partial charge is 0.143 e. The average Bonchev–Trinajstić information content (AvgIpc) is 0.773. The molecular formula is C108H90N4O5. The molecule has 1 aliphatic heterocycles. The fourth-order valence-electron chi connectivity index (χ4n) is 16.0. The number of benzene rings is 14. The number of allylic oxidation sites excluding steroid dienone is 6. The minimum absolute atomic E-state index is 0.0332. The number of ether oxygens (including phenoxy) is 5. The van der Waals surface area contributed by atoms with Crippen molar-refractivity contribution in [2.24, 2.45) is 0 Å². The molecule has 572 valence electrons. The summed E-state index contributed by atoms with van der Waals surface area (Å²) >= 11 is 0. The highest BCUT2D eigenvalue weighted by Gasteiger charge is 2.42. The Kier molecular flexibility index (Phi) is 25.6. The van der Waals surface area contributed by atoms with E-state index in [1.807, 2.05) is 97.1 Å². The van der Waals surface area contributed by atoms with E-state index in [2.05, 4.69) is 362 Å². The Morgan fingerprint density at radius 1 is 0.248 bits per heavy atom. The number of hydrogen-bond donors (Lipinski definition) is 0. The Balaban J connectivity index is 0.702. The lowest BCUT2D eigenvalue weighted by molar-refractivity contribution is 0.00947. The fraction of sp³-hybridized carbons (Fsp3) is 0.111. The maximum absolute atomic E-state index is 10.3. The summed E-state index contributed by atoms with van der Waals surface area (Å²) in [4.78, 5) is 4.67. The van der Waals surface area contributed by atoms with Gasteiger partial charge in [0.05, 0.1) is 26.4 Å². The first-order chi connectivity index (χ1) is 57.9. The van der Waals surface area contributed by atoms with Crippen molar-refractivity contribution in [1.82, 2.24) is 0 Å². The van der Waals surface area contributed by atoms with Gasteiger partial charge in [-0.3, -0.25) is 0 Å². The van der Waals surface area contributed by atoms with Gasteiger partial charge in [0.25, 0.3) is 0 Å². The lowest BCUT2D eigenvalue weighted by Gasteiger charge is -2.38. The Labute approximate surface area is 687 Å². The van der Waals surface area contributed by atoms with E-state index in [0.29, 0.717) is 69.7 Å². The van der Waals surface area contributed by atoms with E-state index in [0.717, 1.165) is 89.3 Å². The number of rotatable bonds is 34. The van der Waals surface area contributed by atoms with Crippen LogP contribution in [0.5, 0.6) is 0 Å². The first-order valence-corrected chi connectivity index (χ1v) is 39.8. The summed E-state index contributed by atoms with van der Waals surface area (Å²) in [6.07, 6.45) is 11.2. The van der Waals surface area contributed by atoms with Gasteiger partial charge in [-0.15, -0.1) is 0 Å². The molecule has 0 unspecified atom stereocenters. The van der Waals surface area contributed by atoms with Gasteiger partial charge in [0.15, 0.2) is 0 Å². The number of nitriles is 2. The van der Waals surface area contributed by atoms with E-state index in [4.69, 9.17) is 23.7 Å². The molecular weight excluding hydrogens is 1430 g/mol. The topological polar surface area (TPSA) is 100 Å². The second kappa shape index (κ2) is 38.2. The molecule has 0 aromatic heterocycles. The molecule has 0 spiro atoms. The number of anilines is 2. The lowest BCUT2D eigenvalue weighted by Crippen LogP contribution is -2.39. The fourth-order valence-corrected chi connectivity index (χ4v) is 16.0. The molecule has 14 aromatic rings. The van der Waals surface area contributed by atoms with Gasteiger partial charge in [0.2, 0.25) is 0 Å². The molecule has 14 aromatic carbocycles. The summed E-state index contributed by atoms with van der Waals surface area (Å²) in [6.45, 7) is 3.43. The van der Waals surface area contributed by atoms with Crippen LogP contribution in [0.3, 0.4) is 0 Å². The van der Waals surface area contributed by atoms with Crippen LogP contribution in [0.4, 0.5) is 11.4 Å². The van der Waals surface area contributed by atoms with Crippen molar-refractivity contribution in [3.63, 3.8) is 0 Å². The highest BCUT2D eigenvalue weighted by atomic mass is 16.5. The highest BCUT2D eigenvalue weighted by molar-refractivity contribution is 5.64. The summed E-state index contributed by atoms with van der Waals surface area (Å²) in [5.74, 6) is 0.907. The Morgan fingerprint density at radius 2 is 0.427 bits per heavy atom. The van der Waals surface area contributed by atoms with Crippen molar-refractivity contribution in [2.45, 2.75) is 22.4 Å². The van der Waals surface area contributed by atoms with Crippen LogP contribution in [0.1, 0.15) is 77.9 Å². The molecule has 0 N–H and O–H groups in total. The molecule has 0 fully saturated rings. The van der Waals surface area contributed by atoms with Gasteiger partial charge < -0.3 is 33.5 Å². The summed E-state index contributed by atoms with van der Waals surface area (Å²) in [5, 5.41) is 20.6. The van der Waals surface area contributed by atoms with Gasteiger partial charge in [-0.1, -0.05) is 400 Å². The second-order valence-electron chi connectivity index (χ2n) is 28.6. The largest absolute Gasteiger partial charge is 0.457 e. The van der Waals surface area contributed by atoms with Crippen LogP contribution in [0.15, 0.2) is 459 Å². The molecule has 117 heavy (non-hydrogen) atoms. The molecule has 15 rings (SSSR count). The van der Waals surface area contributed by atoms with Gasteiger partial charge in [0, 0.05) is 43.1 Å². The molecule has 0 saturated carbocycles. The third-order valence-electron chi connectivity index (χ3n) is 21.6. The highest BCUT2D eigenvalue weighted by Crippen LogP contribution is 2.46. The number of hydrogen-bond acceptors (Lipinski definition) is 9. The van der Waals surface area contributed by atoms with E-state index < -0.39 is 22.4 Å².